The smallest absolute Gasteiger partial charge is 0.161 e. The molecule has 84 valence electrons. The van der Waals surface area contributed by atoms with Gasteiger partial charge in [-0.25, -0.2) is 0 Å². The number of allylic oxidation sites excluding steroid dienone is 1. The van der Waals surface area contributed by atoms with Gasteiger partial charge in [-0.3, -0.25) is 4.79 Å². The predicted molar refractivity (Wildman–Crippen MR) is 63.4 cm³/mol. The van der Waals surface area contributed by atoms with Gasteiger partial charge in [0.1, 0.15) is 6.10 Å². The Morgan fingerprint density at radius 2 is 2.06 bits per heavy atom. The molecule has 2 rings (SSSR count). The normalized spacial score (nSPS) is 18.1. The molecule has 0 bridgehead atoms. The summed E-state index contributed by atoms with van der Waals surface area (Å²) in [6, 6.07) is 7.07. The summed E-state index contributed by atoms with van der Waals surface area (Å²) in [5, 5.41) is 10.6. The van der Waals surface area contributed by atoms with E-state index in [0.29, 0.717) is 22.6 Å². The number of Topliss-reactive ketones (excluding diaryl/α,β-unsaturated/α-hetero) is 1. The minimum absolute atomic E-state index is 0.0265. The summed E-state index contributed by atoms with van der Waals surface area (Å²) in [6.45, 7) is 0. The van der Waals surface area contributed by atoms with Gasteiger partial charge in [0.15, 0.2) is 5.78 Å². The van der Waals surface area contributed by atoms with Gasteiger partial charge in [0, 0.05) is 22.6 Å². The van der Waals surface area contributed by atoms with Crippen LogP contribution in [0.5, 0.6) is 0 Å². The minimum atomic E-state index is -0.888. The molecule has 1 atom stereocenters. The molecule has 0 spiro atoms. The highest BCUT2D eigenvalue weighted by Crippen LogP contribution is 2.31. The van der Waals surface area contributed by atoms with Crippen LogP contribution in [-0.4, -0.2) is 10.9 Å². The molecule has 0 aliphatic heterocycles. The van der Waals surface area contributed by atoms with Crippen molar-refractivity contribution in [3.05, 3.63) is 46.5 Å². The molecule has 2 nitrogen and oxygen atoms in total. The lowest BCUT2D eigenvalue weighted by atomic mass is 9.91. The maximum atomic E-state index is 11.6. The molecule has 1 N–H and O–H groups in total. The fraction of sp³-hybridized carbons (Fsp3) is 0.308. The van der Waals surface area contributed by atoms with E-state index in [1.54, 1.807) is 24.3 Å². The summed E-state index contributed by atoms with van der Waals surface area (Å²) >= 11 is 5.99. The number of carbonyl (C=O) groups excluding carboxylic acids is 1. The molecule has 0 fully saturated rings. The van der Waals surface area contributed by atoms with Crippen LogP contribution in [0.15, 0.2) is 35.9 Å². The average Bonchev–Trinajstić information content (AvgIpc) is 2.29. The number of aliphatic hydroxyl groups excluding tert-OH is 1. The van der Waals surface area contributed by atoms with Crippen molar-refractivity contribution in [1.29, 1.82) is 0 Å². The first-order valence-corrected chi connectivity index (χ1v) is 5.73. The predicted octanol–water partition coefficient (Wildman–Crippen LogP) is 3.05. The van der Waals surface area contributed by atoms with Gasteiger partial charge in [-0.2, -0.15) is 0 Å². The number of benzene rings is 1. The third-order valence-corrected chi connectivity index (χ3v) is 3.13. The number of hydrogen-bond acceptors (Lipinski definition) is 2. The maximum absolute atomic E-state index is 11.6. The minimum Gasteiger partial charge on any atom is -0.383 e. The molecule has 1 aliphatic carbocycles. The Balaban J connectivity index is 2.32. The Bertz CT molecular complexity index is 437. The highest BCUT2D eigenvalue weighted by Gasteiger charge is 2.23. The lowest BCUT2D eigenvalue weighted by Gasteiger charge is -2.18. The van der Waals surface area contributed by atoms with Gasteiger partial charge in [-0.15, -0.1) is 0 Å². The largest absolute Gasteiger partial charge is 0.383 e. The van der Waals surface area contributed by atoms with Crippen LogP contribution in [0, 0.1) is 0 Å². The number of aliphatic hydroxyl groups is 1. The SMILES string of the molecule is O=C1CCCC=C1[C@@H](O)c1ccccc1Cl. The van der Waals surface area contributed by atoms with Gasteiger partial charge >= 0.3 is 0 Å². The molecular formula is C13H13ClO2. The van der Waals surface area contributed by atoms with E-state index in [1.807, 2.05) is 6.08 Å². The van der Waals surface area contributed by atoms with Crippen molar-refractivity contribution in [3.63, 3.8) is 0 Å². The molecule has 16 heavy (non-hydrogen) atoms. The van der Waals surface area contributed by atoms with Crippen LogP contribution < -0.4 is 0 Å². The lowest BCUT2D eigenvalue weighted by molar-refractivity contribution is -0.117. The van der Waals surface area contributed by atoms with Crippen molar-refractivity contribution in [3.8, 4) is 0 Å². The first kappa shape index (κ1) is 11.4. The molecule has 0 saturated heterocycles. The van der Waals surface area contributed by atoms with E-state index in [-0.39, 0.29) is 5.78 Å². The summed E-state index contributed by atoms with van der Waals surface area (Å²) in [6.07, 6.45) is 3.18. The fourth-order valence-corrected chi connectivity index (χ4v) is 2.15. The third kappa shape index (κ3) is 2.18. The van der Waals surface area contributed by atoms with E-state index >= 15 is 0 Å². The molecule has 0 amide bonds. The number of hydrogen-bond donors (Lipinski definition) is 1. The Labute approximate surface area is 99.5 Å². The number of ketones is 1. The van der Waals surface area contributed by atoms with Crippen molar-refractivity contribution in [2.45, 2.75) is 25.4 Å². The summed E-state index contributed by atoms with van der Waals surface area (Å²) in [5.41, 5.74) is 1.09. The van der Waals surface area contributed by atoms with Gasteiger partial charge in [0.05, 0.1) is 0 Å². The second-order valence-electron chi connectivity index (χ2n) is 3.90. The van der Waals surface area contributed by atoms with Crippen LogP contribution in [-0.2, 0) is 4.79 Å². The Hall–Kier alpha value is -1.12. The fourth-order valence-electron chi connectivity index (χ4n) is 1.91. The highest BCUT2D eigenvalue weighted by atomic mass is 35.5. The van der Waals surface area contributed by atoms with Crippen LogP contribution in [0.4, 0.5) is 0 Å². The molecule has 0 aromatic heterocycles. The Kier molecular flexibility index (Phi) is 3.42. The van der Waals surface area contributed by atoms with Crippen LogP contribution in [0.1, 0.15) is 30.9 Å². The summed E-state index contributed by atoms with van der Waals surface area (Å²) in [4.78, 5) is 11.6. The summed E-state index contributed by atoms with van der Waals surface area (Å²) in [5.74, 6) is 0.0265. The van der Waals surface area contributed by atoms with Crippen LogP contribution >= 0.6 is 11.6 Å². The maximum Gasteiger partial charge on any atom is 0.161 e. The van der Waals surface area contributed by atoms with Crippen molar-refractivity contribution >= 4 is 17.4 Å². The molecule has 0 radical (unpaired) electrons. The standard InChI is InChI=1S/C13H13ClO2/c14-11-7-3-1-5-9(11)13(16)10-6-2-4-8-12(10)15/h1,3,5-7,13,16H,2,4,8H2/t13-/m0/s1. The summed E-state index contributed by atoms with van der Waals surface area (Å²) in [7, 11) is 0. The molecule has 0 saturated carbocycles. The van der Waals surface area contributed by atoms with Gasteiger partial charge in [-0.05, 0) is 18.9 Å². The average molecular weight is 237 g/mol. The third-order valence-electron chi connectivity index (χ3n) is 2.79. The zero-order chi connectivity index (χ0) is 11.5. The van der Waals surface area contributed by atoms with E-state index in [9.17, 15) is 9.90 Å². The molecule has 1 aromatic rings. The van der Waals surface area contributed by atoms with Gasteiger partial charge in [-0.1, -0.05) is 35.9 Å². The molecule has 1 aromatic carbocycles. The van der Waals surface area contributed by atoms with E-state index in [1.165, 1.54) is 0 Å². The topological polar surface area (TPSA) is 37.3 Å². The van der Waals surface area contributed by atoms with Crippen molar-refractivity contribution in [2.75, 3.05) is 0 Å². The zero-order valence-electron chi connectivity index (χ0n) is 8.82. The van der Waals surface area contributed by atoms with Crippen LogP contribution in [0.2, 0.25) is 5.02 Å². The second kappa shape index (κ2) is 4.81. The van der Waals surface area contributed by atoms with E-state index in [0.717, 1.165) is 12.8 Å². The quantitative estimate of drug-likeness (QED) is 0.857. The van der Waals surface area contributed by atoms with Crippen LogP contribution in [0.3, 0.4) is 0 Å². The molecule has 0 heterocycles. The number of carbonyl (C=O) groups is 1. The Morgan fingerprint density at radius 3 is 2.75 bits per heavy atom. The first-order chi connectivity index (χ1) is 7.70. The van der Waals surface area contributed by atoms with Gasteiger partial charge in [0.25, 0.3) is 0 Å². The van der Waals surface area contributed by atoms with Crippen LogP contribution in [0.25, 0.3) is 0 Å². The lowest BCUT2D eigenvalue weighted by Crippen LogP contribution is -2.14. The highest BCUT2D eigenvalue weighted by molar-refractivity contribution is 6.31. The van der Waals surface area contributed by atoms with Gasteiger partial charge < -0.3 is 5.11 Å². The first-order valence-electron chi connectivity index (χ1n) is 5.36. The molecular weight excluding hydrogens is 224 g/mol. The Morgan fingerprint density at radius 1 is 1.31 bits per heavy atom. The van der Waals surface area contributed by atoms with Crippen molar-refractivity contribution in [1.82, 2.24) is 0 Å². The van der Waals surface area contributed by atoms with Crippen molar-refractivity contribution < 1.29 is 9.90 Å². The van der Waals surface area contributed by atoms with E-state index in [4.69, 9.17) is 11.6 Å². The van der Waals surface area contributed by atoms with Crippen molar-refractivity contribution in [2.24, 2.45) is 0 Å². The van der Waals surface area contributed by atoms with Gasteiger partial charge in [0.2, 0.25) is 0 Å². The zero-order valence-corrected chi connectivity index (χ0v) is 9.57. The molecule has 1 aliphatic rings. The molecule has 3 heteroatoms. The number of rotatable bonds is 2. The number of halogens is 1. The molecule has 0 unspecified atom stereocenters. The van der Waals surface area contributed by atoms with E-state index in [2.05, 4.69) is 0 Å². The monoisotopic (exact) mass is 236 g/mol. The van der Waals surface area contributed by atoms with E-state index < -0.39 is 6.10 Å². The summed E-state index contributed by atoms with van der Waals surface area (Å²) < 4.78 is 0. The second-order valence-corrected chi connectivity index (χ2v) is 4.31.